The van der Waals surface area contributed by atoms with Gasteiger partial charge >= 0.3 is 0 Å². The molecule has 0 fully saturated rings. The van der Waals surface area contributed by atoms with Gasteiger partial charge in [-0.1, -0.05) is 24.3 Å². The van der Waals surface area contributed by atoms with Gasteiger partial charge in [0.2, 0.25) is 0 Å². The van der Waals surface area contributed by atoms with Crippen molar-refractivity contribution < 1.29 is 4.39 Å². The fourth-order valence-electron chi connectivity index (χ4n) is 2.58. The van der Waals surface area contributed by atoms with Crippen LogP contribution in [0.1, 0.15) is 5.56 Å². The number of imidazole rings is 1. The number of nitrogens with zero attached hydrogens (tertiary/aromatic N) is 3. The van der Waals surface area contributed by atoms with E-state index >= 15 is 0 Å². The summed E-state index contributed by atoms with van der Waals surface area (Å²) in [4.78, 5) is 5.53. The molecule has 0 aliphatic carbocycles. The van der Waals surface area contributed by atoms with Crippen molar-refractivity contribution >= 4 is 16.2 Å². The van der Waals surface area contributed by atoms with Crippen LogP contribution in [0.3, 0.4) is 0 Å². The van der Waals surface area contributed by atoms with Crippen molar-refractivity contribution in [2.45, 2.75) is 0 Å². The second-order valence-corrected chi connectivity index (χ2v) is 5.93. The van der Waals surface area contributed by atoms with Crippen LogP contribution < -0.4 is 0 Å². The highest BCUT2D eigenvalue weighted by Gasteiger charge is 2.17. The van der Waals surface area contributed by atoms with Crippen LogP contribution in [0.2, 0.25) is 0 Å². The SMILES string of the molecule is N#Cc1cccc(-c2nc(-c3ccccc3F)c3sccn23)c1. The smallest absolute Gasteiger partial charge is 0.145 e. The average Bonchev–Trinajstić information content (AvgIpc) is 3.18. The van der Waals surface area contributed by atoms with Crippen LogP contribution in [0.15, 0.2) is 60.1 Å². The molecule has 0 atom stereocenters. The minimum atomic E-state index is -0.293. The molecule has 0 spiro atoms. The molecule has 2 heterocycles. The topological polar surface area (TPSA) is 41.1 Å². The number of benzene rings is 2. The summed E-state index contributed by atoms with van der Waals surface area (Å²) in [5, 5.41) is 11.0. The maximum atomic E-state index is 14.2. The summed E-state index contributed by atoms with van der Waals surface area (Å²) >= 11 is 1.51. The Kier molecular flexibility index (Phi) is 3.18. The zero-order valence-electron chi connectivity index (χ0n) is 11.9. The van der Waals surface area contributed by atoms with Gasteiger partial charge in [-0.15, -0.1) is 11.3 Å². The number of aromatic nitrogens is 2. The van der Waals surface area contributed by atoms with Gasteiger partial charge in [-0.3, -0.25) is 4.40 Å². The van der Waals surface area contributed by atoms with E-state index in [1.54, 1.807) is 30.3 Å². The first kappa shape index (κ1) is 13.7. The fraction of sp³-hybridized carbons (Fsp3) is 0. The number of fused-ring (bicyclic) bond motifs is 1. The summed E-state index contributed by atoms with van der Waals surface area (Å²) in [6.07, 6.45) is 1.91. The number of halogens is 1. The first-order valence-corrected chi connectivity index (χ1v) is 7.87. The Hall–Kier alpha value is -2.97. The Morgan fingerprint density at radius 2 is 2.00 bits per heavy atom. The number of thiazole rings is 1. The number of rotatable bonds is 2. The van der Waals surface area contributed by atoms with E-state index in [1.165, 1.54) is 17.4 Å². The maximum Gasteiger partial charge on any atom is 0.145 e. The molecule has 4 rings (SSSR count). The third-order valence-corrected chi connectivity index (χ3v) is 4.51. The van der Waals surface area contributed by atoms with E-state index in [0.717, 1.165) is 10.4 Å². The highest BCUT2D eigenvalue weighted by molar-refractivity contribution is 7.16. The van der Waals surface area contributed by atoms with Crippen molar-refractivity contribution in [1.82, 2.24) is 9.38 Å². The average molecular weight is 319 g/mol. The van der Waals surface area contributed by atoms with Crippen molar-refractivity contribution in [3.05, 3.63) is 71.5 Å². The van der Waals surface area contributed by atoms with Crippen LogP contribution in [0.5, 0.6) is 0 Å². The zero-order valence-corrected chi connectivity index (χ0v) is 12.7. The van der Waals surface area contributed by atoms with Gasteiger partial charge in [-0.25, -0.2) is 9.37 Å². The molecular formula is C18H10FN3S. The summed E-state index contributed by atoms with van der Waals surface area (Å²) in [5.74, 6) is 0.412. The predicted octanol–water partition coefficient (Wildman–Crippen LogP) is 4.74. The molecule has 0 aliphatic heterocycles. The molecule has 0 saturated heterocycles. The molecule has 5 heteroatoms. The quantitative estimate of drug-likeness (QED) is 0.535. The molecule has 0 amide bonds. The Balaban J connectivity index is 1.98. The van der Waals surface area contributed by atoms with Crippen LogP contribution in [0.4, 0.5) is 4.39 Å². The summed E-state index contributed by atoms with van der Waals surface area (Å²) in [6.45, 7) is 0. The lowest BCUT2D eigenvalue weighted by molar-refractivity contribution is 0.631. The molecule has 0 saturated carbocycles. The first-order chi connectivity index (χ1) is 11.3. The molecule has 0 N–H and O–H groups in total. The van der Waals surface area contributed by atoms with Crippen molar-refractivity contribution in [2.24, 2.45) is 0 Å². The van der Waals surface area contributed by atoms with Crippen molar-refractivity contribution in [3.63, 3.8) is 0 Å². The Bertz CT molecular complexity index is 1060. The molecule has 110 valence electrons. The highest BCUT2D eigenvalue weighted by Crippen LogP contribution is 2.33. The molecular weight excluding hydrogens is 309 g/mol. The van der Waals surface area contributed by atoms with Gasteiger partial charge in [0, 0.05) is 22.7 Å². The van der Waals surface area contributed by atoms with Gasteiger partial charge < -0.3 is 0 Å². The van der Waals surface area contributed by atoms with E-state index in [1.807, 2.05) is 28.1 Å². The number of hydrogen-bond acceptors (Lipinski definition) is 3. The van der Waals surface area contributed by atoms with E-state index in [9.17, 15) is 4.39 Å². The van der Waals surface area contributed by atoms with Gasteiger partial charge in [0.25, 0.3) is 0 Å². The molecule has 4 aromatic rings. The fourth-order valence-corrected chi connectivity index (χ4v) is 3.42. The molecule has 2 aromatic heterocycles. The number of hydrogen-bond donors (Lipinski definition) is 0. The third-order valence-electron chi connectivity index (χ3n) is 3.64. The second kappa shape index (κ2) is 5.34. The van der Waals surface area contributed by atoms with Gasteiger partial charge in [0.15, 0.2) is 0 Å². The van der Waals surface area contributed by atoms with Gasteiger partial charge in [0.1, 0.15) is 22.2 Å². The van der Waals surface area contributed by atoms with Crippen molar-refractivity contribution in [2.75, 3.05) is 0 Å². The van der Waals surface area contributed by atoms with Crippen LogP contribution in [0.25, 0.3) is 27.5 Å². The Morgan fingerprint density at radius 3 is 2.83 bits per heavy atom. The molecule has 3 nitrogen and oxygen atoms in total. The normalized spacial score (nSPS) is 10.8. The molecule has 0 unspecified atom stereocenters. The Morgan fingerprint density at radius 1 is 1.13 bits per heavy atom. The Labute approximate surface area is 135 Å². The molecule has 0 bridgehead atoms. The van der Waals surface area contributed by atoms with E-state index < -0.39 is 0 Å². The second-order valence-electron chi connectivity index (χ2n) is 5.03. The van der Waals surface area contributed by atoms with Crippen molar-refractivity contribution in [1.29, 1.82) is 5.26 Å². The van der Waals surface area contributed by atoms with Gasteiger partial charge in [0.05, 0.1) is 11.6 Å². The number of nitriles is 1. The van der Waals surface area contributed by atoms with E-state index in [-0.39, 0.29) is 5.82 Å². The lowest BCUT2D eigenvalue weighted by Crippen LogP contribution is -1.87. The minimum Gasteiger partial charge on any atom is -0.290 e. The first-order valence-electron chi connectivity index (χ1n) is 6.99. The van der Waals surface area contributed by atoms with Crippen LogP contribution in [0, 0.1) is 17.1 Å². The van der Waals surface area contributed by atoms with Gasteiger partial charge in [-0.05, 0) is 24.3 Å². The largest absolute Gasteiger partial charge is 0.290 e. The highest BCUT2D eigenvalue weighted by atomic mass is 32.1. The predicted molar refractivity (Wildman–Crippen MR) is 88.6 cm³/mol. The van der Waals surface area contributed by atoms with Crippen molar-refractivity contribution in [3.8, 4) is 28.7 Å². The van der Waals surface area contributed by atoms with Crippen LogP contribution >= 0.6 is 11.3 Å². The lowest BCUT2D eigenvalue weighted by Gasteiger charge is -1.99. The van der Waals surface area contributed by atoms with Gasteiger partial charge in [-0.2, -0.15) is 5.26 Å². The third kappa shape index (κ3) is 2.20. The summed E-state index contributed by atoms with van der Waals surface area (Å²) < 4.78 is 16.1. The van der Waals surface area contributed by atoms with E-state index in [0.29, 0.717) is 22.6 Å². The lowest BCUT2D eigenvalue weighted by atomic mass is 10.1. The van der Waals surface area contributed by atoms with E-state index in [4.69, 9.17) is 5.26 Å². The summed E-state index contributed by atoms with van der Waals surface area (Å²) in [6, 6.07) is 16.0. The summed E-state index contributed by atoms with van der Waals surface area (Å²) in [5.41, 5.74) is 2.51. The van der Waals surface area contributed by atoms with Crippen LogP contribution in [-0.4, -0.2) is 9.38 Å². The minimum absolute atomic E-state index is 0.293. The molecule has 0 aliphatic rings. The zero-order chi connectivity index (χ0) is 15.8. The molecule has 23 heavy (non-hydrogen) atoms. The molecule has 0 radical (unpaired) electrons. The molecule has 2 aromatic carbocycles. The summed E-state index contributed by atoms with van der Waals surface area (Å²) in [7, 11) is 0. The maximum absolute atomic E-state index is 14.2. The monoisotopic (exact) mass is 319 g/mol. The standard InChI is InChI=1S/C18H10FN3S/c19-15-7-2-1-6-14(15)16-18-22(8-9-23-18)17(21-16)13-5-3-4-12(10-13)11-20/h1-10H. The van der Waals surface area contributed by atoms with Crippen LogP contribution in [-0.2, 0) is 0 Å². The van der Waals surface area contributed by atoms with E-state index in [2.05, 4.69) is 11.1 Å².